The number of allylic oxidation sites excluding steroid dienone is 1. The summed E-state index contributed by atoms with van der Waals surface area (Å²) in [5, 5.41) is 18.4. The smallest absolute Gasteiger partial charge is 0.123 e. The maximum Gasteiger partial charge on any atom is 0.123 e. The Hall–Kier alpha value is -1.44. The zero-order valence-electron chi connectivity index (χ0n) is 5.91. The van der Waals surface area contributed by atoms with Crippen LogP contribution >= 0.6 is 0 Å². The van der Waals surface area contributed by atoms with E-state index in [9.17, 15) is 5.11 Å². The number of phenols is 2. The van der Waals surface area contributed by atoms with Crippen molar-refractivity contribution in [3.05, 3.63) is 29.3 Å². The maximum atomic E-state index is 9.31. The monoisotopic (exact) mass is 148 g/mol. The molecule has 0 amide bonds. The molecule has 2 heteroatoms. The second kappa shape index (κ2) is 2.02. The van der Waals surface area contributed by atoms with Crippen LogP contribution in [0.5, 0.6) is 11.5 Å². The average Bonchev–Trinajstić information content (AvgIpc) is 2.34. The van der Waals surface area contributed by atoms with Crippen molar-refractivity contribution in [2.75, 3.05) is 0 Å². The van der Waals surface area contributed by atoms with Gasteiger partial charge in [0.05, 0.1) is 0 Å². The number of fused-ring (bicyclic) bond motifs is 1. The SMILES string of the molecule is Oc1cc(O)c2c(c1)C=CC2. The molecule has 0 heterocycles. The lowest BCUT2D eigenvalue weighted by atomic mass is 10.1. The first-order valence-electron chi connectivity index (χ1n) is 3.49. The van der Waals surface area contributed by atoms with Crippen LogP contribution in [0.2, 0.25) is 0 Å². The van der Waals surface area contributed by atoms with E-state index in [2.05, 4.69) is 0 Å². The van der Waals surface area contributed by atoms with Gasteiger partial charge >= 0.3 is 0 Å². The van der Waals surface area contributed by atoms with Crippen LogP contribution < -0.4 is 0 Å². The zero-order valence-corrected chi connectivity index (χ0v) is 5.91. The van der Waals surface area contributed by atoms with Crippen molar-refractivity contribution < 1.29 is 10.2 Å². The molecule has 0 unspecified atom stereocenters. The topological polar surface area (TPSA) is 40.5 Å². The molecule has 11 heavy (non-hydrogen) atoms. The minimum atomic E-state index is 0.118. The first-order chi connectivity index (χ1) is 5.27. The molecule has 0 saturated heterocycles. The van der Waals surface area contributed by atoms with Crippen LogP contribution in [0.4, 0.5) is 0 Å². The van der Waals surface area contributed by atoms with Crippen molar-refractivity contribution in [1.82, 2.24) is 0 Å². The molecular weight excluding hydrogens is 140 g/mol. The van der Waals surface area contributed by atoms with Crippen molar-refractivity contribution in [1.29, 1.82) is 0 Å². The molecule has 1 aliphatic rings. The van der Waals surface area contributed by atoms with Gasteiger partial charge in [0.15, 0.2) is 0 Å². The third kappa shape index (κ3) is 0.871. The minimum Gasteiger partial charge on any atom is -0.508 e. The predicted octanol–water partition coefficient (Wildman–Crippen LogP) is 1.67. The lowest BCUT2D eigenvalue weighted by Crippen LogP contribution is -1.81. The summed E-state index contributed by atoms with van der Waals surface area (Å²) in [6.45, 7) is 0. The highest BCUT2D eigenvalue weighted by molar-refractivity contribution is 5.65. The molecule has 0 atom stereocenters. The Labute approximate surface area is 64.4 Å². The second-order valence-corrected chi connectivity index (χ2v) is 2.64. The quantitative estimate of drug-likeness (QED) is 0.587. The van der Waals surface area contributed by atoms with E-state index in [1.165, 1.54) is 6.07 Å². The number of aromatic hydroxyl groups is 2. The molecule has 56 valence electrons. The number of phenolic OH excluding ortho intramolecular Hbond substituents is 2. The summed E-state index contributed by atoms with van der Waals surface area (Å²) in [7, 11) is 0. The first-order valence-corrected chi connectivity index (χ1v) is 3.49. The number of benzene rings is 1. The molecule has 1 aromatic carbocycles. The Morgan fingerprint density at radius 1 is 1.18 bits per heavy atom. The van der Waals surface area contributed by atoms with Crippen molar-refractivity contribution in [2.45, 2.75) is 6.42 Å². The van der Waals surface area contributed by atoms with Crippen LogP contribution in [-0.2, 0) is 6.42 Å². The molecule has 0 saturated carbocycles. The Kier molecular flexibility index (Phi) is 1.15. The van der Waals surface area contributed by atoms with Gasteiger partial charge in [-0.05, 0) is 18.1 Å². The van der Waals surface area contributed by atoms with Gasteiger partial charge in [-0.3, -0.25) is 0 Å². The first kappa shape index (κ1) is 6.28. The summed E-state index contributed by atoms with van der Waals surface area (Å²) in [6.07, 6.45) is 4.63. The van der Waals surface area contributed by atoms with Crippen molar-refractivity contribution in [2.24, 2.45) is 0 Å². The molecule has 1 aromatic rings. The normalized spacial score (nSPS) is 13.5. The standard InChI is InChI=1S/C9H8O2/c10-7-4-6-2-1-3-8(6)9(11)5-7/h1-2,4-5,10-11H,3H2. The van der Waals surface area contributed by atoms with Crippen molar-refractivity contribution in [3.8, 4) is 11.5 Å². The molecular formula is C9H8O2. The summed E-state index contributed by atoms with van der Waals surface area (Å²) in [4.78, 5) is 0. The van der Waals surface area contributed by atoms with E-state index in [1.807, 2.05) is 12.2 Å². The molecule has 0 fully saturated rings. The Morgan fingerprint density at radius 3 is 2.82 bits per heavy atom. The van der Waals surface area contributed by atoms with Gasteiger partial charge in [0, 0.05) is 11.6 Å². The summed E-state index contributed by atoms with van der Waals surface area (Å²) >= 11 is 0. The van der Waals surface area contributed by atoms with E-state index in [0.29, 0.717) is 0 Å². The molecule has 2 N–H and O–H groups in total. The third-order valence-electron chi connectivity index (χ3n) is 1.87. The fourth-order valence-electron chi connectivity index (χ4n) is 1.34. The second-order valence-electron chi connectivity index (χ2n) is 2.64. The Bertz CT molecular complexity index is 327. The van der Waals surface area contributed by atoms with Gasteiger partial charge in [0.25, 0.3) is 0 Å². The van der Waals surface area contributed by atoms with E-state index >= 15 is 0 Å². The van der Waals surface area contributed by atoms with E-state index in [4.69, 9.17) is 5.11 Å². The molecule has 2 nitrogen and oxygen atoms in total. The highest BCUT2D eigenvalue weighted by Gasteiger charge is 2.10. The highest BCUT2D eigenvalue weighted by atomic mass is 16.3. The summed E-state index contributed by atoms with van der Waals surface area (Å²) in [6, 6.07) is 3.02. The molecule has 0 radical (unpaired) electrons. The average molecular weight is 148 g/mol. The van der Waals surface area contributed by atoms with Crippen LogP contribution in [0.15, 0.2) is 18.2 Å². The number of hydrogen-bond donors (Lipinski definition) is 2. The lowest BCUT2D eigenvalue weighted by molar-refractivity contribution is 0.447. The fourth-order valence-corrected chi connectivity index (χ4v) is 1.34. The summed E-state index contributed by atoms with van der Waals surface area (Å²) in [5.41, 5.74) is 1.82. The van der Waals surface area contributed by atoms with Gasteiger partial charge in [0.1, 0.15) is 11.5 Å². The number of hydrogen-bond acceptors (Lipinski definition) is 2. The van der Waals surface area contributed by atoms with Crippen LogP contribution in [0, 0.1) is 0 Å². The van der Waals surface area contributed by atoms with Crippen LogP contribution in [0.25, 0.3) is 6.08 Å². The van der Waals surface area contributed by atoms with Crippen LogP contribution in [-0.4, -0.2) is 10.2 Å². The van der Waals surface area contributed by atoms with E-state index in [1.54, 1.807) is 6.07 Å². The zero-order chi connectivity index (χ0) is 7.84. The van der Waals surface area contributed by atoms with E-state index < -0.39 is 0 Å². The molecule has 2 rings (SSSR count). The van der Waals surface area contributed by atoms with Crippen LogP contribution in [0.3, 0.4) is 0 Å². The van der Waals surface area contributed by atoms with E-state index in [-0.39, 0.29) is 11.5 Å². The van der Waals surface area contributed by atoms with Crippen molar-refractivity contribution in [3.63, 3.8) is 0 Å². The number of rotatable bonds is 0. The van der Waals surface area contributed by atoms with Gasteiger partial charge in [-0.15, -0.1) is 0 Å². The molecule has 0 bridgehead atoms. The van der Waals surface area contributed by atoms with Gasteiger partial charge in [-0.1, -0.05) is 12.2 Å². The van der Waals surface area contributed by atoms with Crippen molar-refractivity contribution >= 4 is 6.08 Å². The minimum absolute atomic E-state index is 0.118. The van der Waals surface area contributed by atoms with Crippen LogP contribution in [0.1, 0.15) is 11.1 Å². The predicted molar refractivity (Wildman–Crippen MR) is 42.5 cm³/mol. The van der Waals surface area contributed by atoms with Gasteiger partial charge in [0.2, 0.25) is 0 Å². The van der Waals surface area contributed by atoms with Gasteiger partial charge in [-0.2, -0.15) is 0 Å². The molecule has 0 aromatic heterocycles. The summed E-state index contributed by atoms with van der Waals surface area (Å²) < 4.78 is 0. The fraction of sp³-hybridized carbons (Fsp3) is 0.111. The summed E-state index contributed by atoms with van der Waals surface area (Å²) in [5.74, 6) is 0.304. The van der Waals surface area contributed by atoms with E-state index in [0.717, 1.165) is 17.5 Å². The lowest BCUT2D eigenvalue weighted by Gasteiger charge is -2.02. The van der Waals surface area contributed by atoms with Gasteiger partial charge in [-0.25, -0.2) is 0 Å². The Balaban J connectivity index is 2.66. The third-order valence-corrected chi connectivity index (χ3v) is 1.87. The highest BCUT2D eigenvalue weighted by Crippen LogP contribution is 2.31. The largest absolute Gasteiger partial charge is 0.508 e. The maximum absolute atomic E-state index is 9.31. The van der Waals surface area contributed by atoms with Gasteiger partial charge < -0.3 is 10.2 Å². The molecule has 0 spiro atoms. The Morgan fingerprint density at radius 2 is 2.00 bits per heavy atom. The molecule has 0 aliphatic heterocycles. The molecule has 1 aliphatic carbocycles.